The van der Waals surface area contributed by atoms with Gasteiger partial charge in [-0.05, 0) is 6.42 Å². The standard InChI is InChI=1S/C12H21N3O5/c1-3-4-13-10(16)6-14-12(19)15-7-8(20-2)5-9(15)11(17)18/h8-9H,3-7H2,1-2H3,(H,13,16)(H,14,19)(H,17,18). The molecule has 1 aliphatic heterocycles. The van der Waals surface area contributed by atoms with Gasteiger partial charge in [-0.15, -0.1) is 0 Å². The molecular formula is C12H21N3O5. The molecule has 8 nitrogen and oxygen atoms in total. The van der Waals surface area contributed by atoms with E-state index < -0.39 is 18.0 Å². The Kier molecular flexibility index (Phi) is 6.23. The minimum atomic E-state index is -1.07. The number of hydrogen-bond donors (Lipinski definition) is 3. The zero-order chi connectivity index (χ0) is 15.1. The minimum Gasteiger partial charge on any atom is -0.480 e. The number of methoxy groups -OCH3 is 1. The van der Waals surface area contributed by atoms with E-state index in [1.807, 2.05) is 6.92 Å². The quantitative estimate of drug-likeness (QED) is 0.604. The fourth-order valence-corrected chi connectivity index (χ4v) is 2.01. The third-order valence-corrected chi connectivity index (χ3v) is 3.11. The van der Waals surface area contributed by atoms with E-state index in [2.05, 4.69) is 10.6 Å². The van der Waals surface area contributed by atoms with Crippen LogP contribution in [0.15, 0.2) is 0 Å². The van der Waals surface area contributed by atoms with Crippen LogP contribution in [-0.2, 0) is 14.3 Å². The molecule has 114 valence electrons. The first-order valence-corrected chi connectivity index (χ1v) is 6.56. The summed E-state index contributed by atoms with van der Waals surface area (Å²) < 4.78 is 5.09. The van der Waals surface area contributed by atoms with Gasteiger partial charge in [-0.1, -0.05) is 6.92 Å². The van der Waals surface area contributed by atoms with Gasteiger partial charge in [0.15, 0.2) is 0 Å². The van der Waals surface area contributed by atoms with Gasteiger partial charge in [-0.3, -0.25) is 4.79 Å². The predicted molar refractivity (Wildman–Crippen MR) is 70.2 cm³/mol. The van der Waals surface area contributed by atoms with E-state index in [1.54, 1.807) is 0 Å². The number of ether oxygens (including phenoxy) is 1. The molecular weight excluding hydrogens is 266 g/mol. The number of amides is 3. The number of carboxylic acid groups (broad SMARTS) is 1. The van der Waals surface area contributed by atoms with Crippen LogP contribution in [0.5, 0.6) is 0 Å². The fourth-order valence-electron chi connectivity index (χ4n) is 2.01. The van der Waals surface area contributed by atoms with Crippen LogP contribution in [-0.4, -0.2) is 66.8 Å². The number of carbonyl (C=O) groups is 3. The molecule has 20 heavy (non-hydrogen) atoms. The van der Waals surface area contributed by atoms with Crippen LogP contribution in [0.1, 0.15) is 19.8 Å². The average Bonchev–Trinajstić information content (AvgIpc) is 2.87. The Morgan fingerprint density at radius 1 is 1.35 bits per heavy atom. The number of aliphatic carboxylic acids is 1. The van der Waals surface area contributed by atoms with Crippen molar-refractivity contribution in [3.8, 4) is 0 Å². The van der Waals surface area contributed by atoms with E-state index in [9.17, 15) is 14.4 Å². The van der Waals surface area contributed by atoms with E-state index in [0.717, 1.165) is 6.42 Å². The first-order chi connectivity index (χ1) is 9.49. The van der Waals surface area contributed by atoms with Gasteiger partial charge in [0.05, 0.1) is 12.6 Å². The van der Waals surface area contributed by atoms with Crippen LogP contribution >= 0.6 is 0 Å². The second-order valence-corrected chi connectivity index (χ2v) is 4.61. The highest BCUT2D eigenvalue weighted by Crippen LogP contribution is 2.20. The lowest BCUT2D eigenvalue weighted by Gasteiger charge is -2.21. The Morgan fingerprint density at radius 3 is 2.60 bits per heavy atom. The van der Waals surface area contributed by atoms with Crippen molar-refractivity contribution in [2.24, 2.45) is 0 Å². The highest BCUT2D eigenvalue weighted by Gasteiger charge is 2.39. The molecule has 3 N–H and O–H groups in total. The summed E-state index contributed by atoms with van der Waals surface area (Å²) in [5, 5.41) is 14.1. The van der Waals surface area contributed by atoms with Crippen molar-refractivity contribution in [1.29, 1.82) is 0 Å². The molecule has 1 heterocycles. The predicted octanol–water partition coefficient (Wildman–Crippen LogP) is -0.604. The molecule has 1 rings (SSSR count). The molecule has 2 atom stereocenters. The molecule has 0 bridgehead atoms. The second-order valence-electron chi connectivity index (χ2n) is 4.61. The monoisotopic (exact) mass is 287 g/mol. The zero-order valence-corrected chi connectivity index (χ0v) is 11.7. The Bertz CT molecular complexity index is 374. The highest BCUT2D eigenvalue weighted by molar-refractivity contribution is 5.87. The largest absolute Gasteiger partial charge is 0.480 e. The summed E-state index contributed by atoms with van der Waals surface area (Å²) in [5.74, 6) is -1.37. The SMILES string of the molecule is CCCNC(=O)CNC(=O)N1CC(OC)CC1C(=O)O. The Hall–Kier alpha value is -1.83. The first kappa shape index (κ1) is 16.2. The van der Waals surface area contributed by atoms with Gasteiger partial charge in [0.2, 0.25) is 5.91 Å². The molecule has 3 amide bonds. The van der Waals surface area contributed by atoms with Crippen molar-refractivity contribution >= 4 is 17.9 Å². The third kappa shape index (κ3) is 4.37. The lowest BCUT2D eigenvalue weighted by molar-refractivity contribution is -0.141. The molecule has 1 saturated heterocycles. The highest BCUT2D eigenvalue weighted by atomic mass is 16.5. The van der Waals surface area contributed by atoms with E-state index in [-0.39, 0.29) is 31.5 Å². The Morgan fingerprint density at radius 2 is 2.05 bits per heavy atom. The van der Waals surface area contributed by atoms with Crippen LogP contribution in [0.4, 0.5) is 4.79 Å². The van der Waals surface area contributed by atoms with Gasteiger partial charge in [-0.2, -0.15) is 0 Å². The molecule has 8 heteroatoms. The average molecular weight is 287 g/mol. The fraction of sp³-hybridized carbons (Fsp3) is 0.750. The van der Waals surface area contributed by atoms with Crippen molar-refractivity contribution in [3.63, 3.8) is 0 Å². The maximum Gasteiger partial charge on any atom is 0.326 e. The lowest BCUT2D eigenvalue weighted by atomic mass is 10.2. The summed E-state index contributed by atoms with van der Waals surface area (Å²) in [7, 11) is 1.48. The number of likely N-dealkylation sites (tertiary alicyclic amines) is 1. The van der Waals surface area contributed by atoms with Gasteiger partial charge in [0, 0.05) is 26.6 Å². The first-order valence-electron chi connectivity index (χ1n) is 6.56. The van der Waals surface area contributed by atoms with Crippen molar-refractivity contribution in [1.82, 2.24) is 15.5 Å². The van der Waals surface area contributed by atoms with Crippen molar-refractivity contribution < 1.29 is 24.2 Å². The van der Waals surface area contributed by atoms with Crippen LogP contribution in [0.25, 0.3) is 0 Å². The molecule has 0 radical (unpaired) electrons. The normalized spacial score (nSPS) is 21.6. The van der Waals surface area contributed by atoms with Gasteiger partial charge >= 0.3 is 12.0 Å². The van der Waals surface area contributed by atoms with Gasteiger partial charge in [0.25, 0.3) is 0 Å². The molecule has 1 aliphatic rings. The third-order valence-electron chi connectivity index (χ3n) is 3.11. The number of nitrogens with zero attached hydrogens (tertiary/aromatic N) is 1. The summed E-state index contributed by atoms with van der Waals surface area (Å²) >= 11 is 0. The van der Waals surface area contributed by atoms with E-state index in [1.165, 1.54) is 12.0 Å². The summed E-state index contributed by atoms with van der Waals surface area (Å²) in [5.41, 5.74) is 0. The Balaban J connectivity index is 2.48. The molecule has 0 aromatic rings. The summed E-state index contributed by atoms with van der Waals surface area (Å²) in [6, 6.07) is -1.48. The van der Waals surface area contributed by atoms with Gasteiger partial charge in [0.1, 0.15) is 6.04 Å². The summed E-state index contributed by atoms with van der Waals surface area (Å²) in [6.07, 6.45) is 0.764. The zero-order valence-electron chi connectivity index (χ0n) is 11.7. The van der Waals surface area contributed by atoms with Crippen LogP contribution in [0, 0.1) is 0 Å². The molecule has 0 aromatic carbocycles. The minimum absolute atomic E-state index is 0.167. The smallest absolute Gasteiger partial charge is 0.326 e. The van der Waals surface area contributed by atoms with Crippen molar-refractivity contribution in [2.45, 2.75) is 31.9 Å². The summed E-state index contributed by atoms with van der Waals surface area (Å²) in [4.78, 5) is 35.6. The molecule has 0 aromatic heterocycles. The maximum atomic E-state index is 11.9. The van der Waals surface area contributed by atoms with Gasteiger partial charge in [-0.25, -0.2) is 9.59 Å². The molecule has 0 spiro atoms. The van der Waals surface area contributed by atoms with Crippen LogP contribution in [0.3, 0.4) is 0 Å². The molecule has 2 unspecified atom stereocenters. The number of nitrogens with one attached hydrogen (secondary N) is 2. The van der Waals surface area contributed by atoms with Crippen LogP contribution in [0.2, 0.25) is 0 Å². The lowest BCUT2D eigenvalue weighted by Crippen LogP contribution is -2.48. The molecule has 1 fully saturated rings. The number of carboxylic acids is 1. The molecule has 0 saturated carbocycles. The van der Waals surface area contributed by atoms with Gasteiger partial charge < -0.3 is 25.4 Å². The number of rotatable bonds is 6. The van der Waals surface area contributed by atoms with Crippen molar-refractivity contribution in [2.75, 3.05) is 26.7 Å². The summed E-state index contributed by atoms with van der Waals surface area (Å²) in [6.45, 7) is 2.50. The number of carbonyl (C=O) groups excluding carboxylic acids is 2. The van der Waals surface area contributed by atoms with E-state index in [0.29, 0.717) is 6.54 Å². The second kappa shape index (κ2) is 7.68. The molecule has 0 aliphatic carbocycles. The topological polar surface area (TPSA) is 108 Å². The number of urea groups is 1. The van der Waals surface area contributed by atoms with Crippen LogP contribution < -0.4 is 10.6 Å². The Labute approximate surface area is 117 Å². The van der Waals surface area contributed by atoms with E-state index in [4.69, 9.17) is 9.84 Å². The number of hydrogen-bond acceptors (Lipinski definition) is 4. The maximum absolute atomic E-state index is 11.9. The van der Waals surface area contributed by atoms with Crippen molar-refractivity contribution in [3.05, 3.63) is 0 Å². The van der Waals surface area contributed by atoms with E-state index >= 15 is 0 Å².